The van der Waals surface area contributed by atoms with Crippen LogP contribution in [0.25, 0.3) is 0 Å². The molecule has 0 saturated carbocycles. The van der Waals surface area contributed by atoms with E-state index in [2.05, 4.69) is 5.32 Å². The second kappa shape index (κ2) is 8.22. The first-order valence-corrected chi connectivity index (χ1v) is 11.3. The second-order valence-corrected chi connectivity index (χ2v) is 9.04. The third-order valence-corrected chi connectivity index (χ3v) is 7.07. The molecule has 2 aromatic carbocycles. The molecule has 1 fully saturated rings. The molecule has 3 heterocycles. The maximum Gasteiger partial charge on any atom is 0.238 e. The number of carbonyl (C=O) groups excluding carboxylic acids is 2. The molecule has 0 radical (unpaired) electrons. The lowest BCUT2D eigenvalue weighted by atomic mass is 10.0. The van der Waals surface area contributed by atoms with E-state index in [1.54, 1.807) is 0 Å². The summed E-state index contributed by atoms with van der Waals surface area (Å²) in [7, 11) is 0. The summed E-state index contributed by atoms with van der Waals surface area (Å²) in [5.74, 6) is 1.44. The predicted molar refractivity (Wildman–Crippen MR) is 115 cm³/mol. The summed E-state index contributed by atoms with van der Waals surface area (Å²) in [6.07, 6.45) is 2.93. The lowest BCUT2D eigenvalue weighted by molar-refractivity contribution is -0.133. The van der Waals surface area contributed by atoms with E-state index in [0.29, 0.717) is 19.8 Å². The fourth-order valence-electron chi connectivity index (χ4n) is 4.30. The van der Waals surface area contributed by atoms with Crippen LogP contribution < -0.4 is 14.8 Å². The Kier molecular flexibility index (Phi) is 5.29. The molecule has 7 heteroatoms. The highest BCUT2D eigenvalue weighted by molar-refractivity contribution is 8.01. The molecule has 30 heavy (non-hydrogen) atoms. The Morgan fingerprint density at radius 3 is 2.83 bits per heavy atom. The zero-order chi connectivity index (χ0) is 20.5. The maximum absolute atomic E-state index is 13.2. The summed E-state index contributed by atoms with van der Waals surface area (Å²) in [5.41, 5.74) is 1.89. The van der Waals surface area contributed by atoms with Gasteiger partial charge in [0.05, 0.1) is 30.2 Å². The number of thioether (sulfide) groups is 1. The van der Waals surface area contributed by atoms with Gasteiger partial charge in [-0.1, -0.05) is 18.2 Å². The van der Waals surface area contributed by atoms with Gasteiger partial charge in [-0.2, -0.15) is 0 Å². The molecule has 3 aliphatic rings. The van der Waals surface area contributed by atoms with E-state index in [-0.39, 0.29) is 24.3 Å². The molecule has 0 bridgehead atoms. The van der Waals surface area contributed by atoms with Crippen LogP contribution in [0.4, 0.5) is 5.69 Å². The number of nitrogens with zero attached hydrogens (tertiary/aromatic N) is 1. The summed E-state index contributed by atoms with van der Waals surface area (Å²) in [6.45, 7) is 2.01. The van der Waals surface area contributed by atoms with E-state index in [0.717, 1.165) is 46.9 Å². The molecule has 2 unspecified atom stereocenters. The van der Waals surface area contributed by atoms with Crippen LogP contribution in [-0.4, -0.2) is 41.7 Å². The first kappa shape index (κ1) is 19.3. The number of hydrogen-bond donors (Lipinski definition) is 1. The number of carbonyl (C=O) groups is 2. The fraction of sp³-hybridized carbons (Fsp3) is 0.391. The van der Waals surface area contributed by atoms with E-state index in [9.17, 15) is 9.59 Å². The van der Waals surface area contributed by atoms with Crippen molar-refractivity contribution in [3.63, 3.8) is 0 Å². The van der Waals surface area contributed by atoms with E-state index in [4.69, 9.17) is 9.47 Å². The monoisotopic (exact) mass is 424 g/mol. The van der Waals surface area contributed by atoms with Crippen molar-refractivity contribution in [1.29, 1.82) is 0 Å². The SMILES string of the molecule is O=C1Nc2ccccc2SC1CC(=O)N1CCCC1c1ccc2c(c1)OCCCO2. The fourth-order valence-corrected chi connectivity index (χ4v) is 5.40. The van der Waals surface area contributed by atoms with Crippen molar-refractivity contribution < 1.29 is 19.1 Å². The summed E-state index contributed by atoms with van der Waals surface area (Å²) in [6, 6.07) is 13.7. The van der Waals surface area contributed by atoms with Crippen molar-refractivity contribution in [2.75, 3.05) is 25.1 Å². The number of ether oxygens (including phenoxy) is 2. The molecule has 156 valence electrons. The Morgan fingerprint density at radius 1 is 1.10 bits per heavy atom. The zero-order valence-corrected chi connectivity index (χ0v) is 17.5. The Labute approximate surface area is 179 Å². The summed E-state index contributed by atoms with van der Waals surface area (Å²) in [5, 5.41) is 2.52. The summed E-state index contributed by atoms with van der Waals surface area (Å²) in [4.78, 5) is 28.6. The Hall–Kier alpha value is -2.67. The first-order valence-electron chi connectivity index (χ1n) is 10.4. The van der Waals surface area contributed by atoms with Crippen LogP contribution in [0, 0.1) is 0 Å². The quantitative estimate of drug-likeness (QED) is 0.806. The van der Waals surface area contributed by atoms with Crippen molar-refractivity contribution >= 4 is 29.3 Å². The topological polar surface area (TPSA) is 67.9 Å². The van der Waals surface area contributed by atoms with Crippen LogP contribution in [0.15, 0.2) is 47.4 Å². The lowest BCUT2D eigenvalue weighted by Gasteiger charge is -2.29. The average molecular weight is 425 g/mol. The molecule has 5 rings (SSSR count). The van der Waals surface area contributed by atoms with Gasteiger partial charge in [-0.15, -0.1) is 11.8 Å². The Balaban J connectivity index is 1.31. The Morgan fingerprint density at radius 2 is 1.93 bits per heavy atom. The standard InChI is InChI=1S/C23H24N2O4S/c26-22(14-21-23(27)24-16-5-1-2-7-20(16)30-21)25-10-3-6-17(25)15-8-9-18-19(13-15)29-12-4-11-28-18/h1-2,5,7-9,13,17,21H,3-4,6,10-12,14H2,(H,24,27). The van der Waals surface area contributed by atoms with Gasteiger partial charge in [-0.3, -0.25) is 9.59 Å². The van der Waals surface area contributed by atoms with E-state index >= 15 is 0 Å². The highest BCUT2D eigenvalue weighted by atomic mass is 32.2. The zero-order valence-electron chi connectivity index (χ0n) is 16.6. The van der Waals surface area contributed by atoms with Gasteiger partial charge in [0.1, 0.15) is 0 Å². The van der Waals surface area contributed by atoms with Crippen molar-refractivity contribution in [3.8, 4) is 11.5 Å². The number of hydrogen-bond acceptors (Lipinski definition) is 5. The molecule has 0 spiro atoms. The maximum atomic E-state index is 13.2. The Bertz CT molecular complexity index is 979. The van der Waals surface area contributed by atoms with Crippen LogP contribution in [0.1, 0.15) is 37.3 Å². The van der Waals surface area contributed by atoms with Gasteiger partial charge in [0.2, 0.25) is 11.8 Å². The molecular weight excluding hydrogens is 400 g/mol. The van der Waals surface area contributed by atoms with Crippen LogP contribution in [0.3, 0.4) is 0 Å². The third-order valence-electron chi connectivity index (χ3n) is 5.80. The van der Waals surface area contributed by atoms with Gasteiger partial charge >= 0.3 is 0 Å². The second-order valence-electron chi connectivity index (χ2n) is 7.80. The van der Waals surface area contributed by atoms with Gasteiger partial charge in [0.25, 0.3) is 0 Å². The molecule has 0 aliphatic carbocycles. The largest absolute Gasteiger partial charge is 0.490 e. The minimum Gasteiger partial charge on any atom is -0.490 e. The van der Waals surface area contributed by atoms with E-state index in [1.165, 1.54) is 11.8 Å². The highest BCUT2D eigenvalue weighted by Crippen LogP contribution is 2.40. The molecule has 1 N–H and O–H groups in total. The van der Waals surface area contributed by atoms with Crippen LogP contribution in [0.2, 0.25) is 0 Å². The molecule has 6 nitrogen and oxygen atoms in total. The third kappa shape index (κ3) is 3.74. The van der Waals surface area contributed by atoms with E-state index in [1.807, 2.05) is 47.4 Å². The molecule has 1 saturated heterocycles. The molecule has 2 atom stereocenters. The number of para-hydroxylation sites is 1. The van der Waals surface area contributed by atoms with Crippen molar-refractivity contribution in [2.45, 2.75) is 41.9 Å². The minimum absolute atomic E-state index is 0.0126. The summed E-state index contributed by atoms with van der Waals surface area (Å²) >= 11 is 1.47. The van der Waals surface area contributed by atoms with Crippen LogP contribution in [0.5, 0.6) is 11.5 Å². The molecule has 2 amide bonds. The molecular formula is C23H24N2O4S. The number of amides is 2. The number of anilines is 1. The van der Waals surface area contributed by atoms with Gasteiger partial charge in [-0.25, -0.2) is 0 Å². The normalized spacial score (nSPS) is 22.8. The lowest BCUT2D eigenvalue weighted by Crippen LogP contribution is -2.37. The van der Waals surface area contributed by atoms with Gasteiger partial charge < -0.3 is 19.7 Å². The summed E-state index contributed by atoms with van der Waals surface area (Å²) < 4.78 is 11.6. The molecule has 3 aliphatic heterocycles. The highest BCUT2D eigenvalue weighted by Gasteiger charge is 2.35. The number of likely N-dealkylation sites (tertiary alicyclic amines) is 1. The van der Waals surface area contributed by atoms with E-state index < -0.39 is 5.25 Å². The minimum atomic E-state index is -0.405. The first-order chi connectivity index (χ1) is 14.7. The molecule has 0 aromatic heterocycles. The van der Waals surface area contributed by atoms with Gasteiger partial charge in [0, 0.05) is 24.3 Å². The predicted octanol–water partition coefficient (Wildman–Crippen LogP) is 4.01. The van der Waals surface area contributed by atoms with Crippen LogP contribution in [-0.2, 0) is 9.59 Å². The van der Waals surface area contributed by atoms with Crippen molar-refractivity contribution in [3.05, 3.63) is 48.0 Å². The van der Waals surface area contributed by atoms with Crippen molar-refractivity contribution in [1.82, 2.24) is 4.90 Å². The average Bonchev–Trinajstić information content (AvgIpc) is 3.13. The van der Waals surface area contributed by atoms with Gasteiger partial charge in [-0.05, 0) is 42.7 Å². The van der Waals surface area contributed by atoms with Crippen LogP contribution >= 0.6 is 11.8 Å². The number of nitrogens with one attached hydrogen (secondary N) is 1. The smallest absolute Gasteiger partial charge is 0.238 e. The van der Waals surface area contributed by atoms with Gasteiger partial charge in [0.15, 0.2) is 11.5 Å². The van der Waals surface area contributed by atoms with Crippen molar-refractivity contribution in [2.24, 2.45) is 0 Å². The number of rotatable bonds is 3. The molecule has 2 aromatic rings. The number of benzene rings is 2. The number of fused-ring (bicyclic) bond motifs is 2.